The van der Waals surface area contributed by atoms with Crippen LogP contribution in [0.25, 0.3) is 0 Å². The highest BCUT2D eigenvalue weighted by atomic mass is 32.1. The summed E-state index contributed by atoms with van der Waals surface area (Å²) >= 11 is 5.30. The molecule has 1 aromatic carbocycles. The summed E-state index contributed by atoms with van der Waals surface area (Å²) in [6, 6.07) is 3.35. The van der Waals surface area contributed by atoms with Gasteiger partial charge in [0.15, 0.2) is 16.7 Å². The van der Waals surface area contributed by atoms with Gasteiger partial charge in [0, 0.05) is 23.3 Å². The van der Waals surface area contributed by atoms with Crippen LogP contribution in [0.1, 0.15) is 27.2 Å². The number of rotatable bonds is 3. The summed E-state index contributed by atoms with van der Waals surface area (Å²) in [5, 5.41) is 6.25. The lowest BCUT2D eigenvalue weighted by Crippen LogP contribution is -2.61. The molecule has 22 heavy (non-hydrogen) atoms. The summed E-state index contributed by atoms with van der Waals surface area (Å²) in [6.45, 7) is 6.16. The topological polar surface area (TPSA) is 44.4 Å². The molecule has 120 valence electrons. The largest absolute Gasteiger partial charge is 0.358 e. The molecule has 0 aliphatic carbocycles. The van der Waals surface area contributed by atoms with E-state index >= 15 is 0 Å². The van der Waals surface area contributed by atoms with Crippen LogP contribution < -0.4 is 10.6 Å². The van der Waals surface area contributed by atoms with Crippen LogP contribution in [-0.2, 0) is 4.79 Å². The Labute approximate surface area is 133 Å². The second-order valence-corrected chi connectivity index (χ2v) is 6.56. The Morgan fingerprint density at radius 3 is 2.73 bits per heavy atom. The Hall–Kier alpha value is -1.76. The molecule has 1 atom stereocenters. The summed E-state index contributed by atoms with van der Waals surface area (Å²) in [4.78, 5) is 13.9. The van der Waals surface area contributed by atoms with Gasteiger partial charge in [-0.2, -0.15) is 0 Å². The van der Waals surface area contributed by atoms with Gasteiger partial charge >= 0.3 is 0 Å². The molecule has 1 aliphatic heterocycles. The summed E-state index contributed by atoms with van der Waals surface area (Å²) < 4.78 is 26.0. The molecular weight excluding hydrogens is 308 g/mol. The molecular formula is C15H19F2N3OS. The van der Waals surface area contributed by atoms with Crippen LogP contribution in [0.2, 0.25) is 0 Å². The number of nitrogens with one attached hydrogen (secondary N) is 2. The minimum atomic E-state index is -0.997. The summed E-state index contributed by atoms with van der Waals surface area (Å²) in [5.41, 5.74) is 0.108. The molecule has 7 heteroatoms. The average molecular weight is 327 g/mol. The number of amides is 1. The predicted molar refractivity (Wildman–Crippen MR) is 85.6 cm³/mol. The zero-order chi connectivity index (χ0) is 16.5. The van der Waals surface area contributed by atoms with Gasteiger partial charge in [-0.1, -0.05) is 0 Å². The van der Waals surface area contributed by atoms with E-state index in [0.717, 1.165) is 18.6 Å². The molecule has 0 bridgehead atoms. The number of anilines is 1. The summed E-state index contributed by atoms with van der Waals surface area (Å²) in [5.74, 6) is -2.28. The molecule has 1 aromatic rings. The molecule has 1 fully saturated rings. The lowest BCUT2D eigenvalue weighted by molar-refractivity contribution is -0.117. The minimum absolute atomic E-state index is 0.0576. The van der Waals surface area contributed by atoms with Crippen LogP contribution in [0.4, 0.5) is 14.5 Å². The molecule has 2 N–H and O–H groups in total. The van der Waals surface area contributed by atoms with E-state index in [1.807, 2.05) is 6.92 Å². The highest BCUT2D eigenvalue weighted by molar-refractivity contribution is 7.80. The van der Waals surface area contributed by atoms with E-state index in [0.29, 0.717) is 5.11 Å². The Kier molecular flexibility index (Phi) is 4.65. The molecule has 0 radical (unpaired) electrons. The van der Waals surface area contributed by atoms with E-state index < -0.39 is 11.6 Å². The molecule has 0 saturated carbocycles. The second kappa shape index (κ2) is 6.16. The number of thiocarbonyl (C=S) groups is 1. The number of nitrogens with zero attached hydrogens (tertiary/aromatic N) is 1. The Morgan fingerprint density at radius 1 is 1.45 bits per heavy atom. The van der Waals surface area contributed by atoms with Crippen LogP contribution in [0, 0.1) is 11.6 Å². The molecule has 0 aromatic heterocycles. The van der Waals surface area contributed by atoms with Crippen molar-refractivity contribution in [3.63, 3.8) is 0 Å². The van der Waals surface area contributed by atoms with Gasteiger partial charge in [-0.3, -0.25) is 4.79 Å². The standard InChI is InChI=1S/C15H19F2N3OS/c1-9-7-15(2,3)19-14(22)20(9)8-13(21)18-10-4-5-11(16)12(17)6-10/h4-6,9H,7-8H2,1-3H3,(H,18,21)(H,19,22)/t9-/m1/s1. The monoisotopic (exact) mass is 327 g/mol. The maximum atomic E-state index is 13.1. The third kappa shape index (κ3) is 3.91. The van der Waals surface area contributed by atoms with Gasteiger partial charge in [0.05, 0.1) is 6.54 Å². The van der Waals surface area contributed by atoms with Crippen LogP contribution in [0.15, 0.2) is 18.2 Å². The smallest absolute Gasteiger partial charge is 0.243 e. The van der Waals surface area contributed by atoms with Crippen molar-refractivity contribution in [2.45, 2.75) is 38.8 Å². The Morgan fingerprint density at radius 2 is 2.14 bits per heavy atom. The Bertz CT molecular complexity index is 606. The zero-order valence-corrected chi connectivity index (χ0v) is 13.6. The van der Waals surface area contributed by atoms with Crippen molar-refractivity contribution < 1.29 is 13.6 Å². The fourth-order valence-corrected chi connectivity index (χ4v) is 3.14. The van der Waals surface area contributed by atoms with Crippen molar-refractivity contribution in [3.05, 3.63) is 29.8 Å². The van der Waals surface area contributed by atoms with E-state index in [4.69, 9.17) is 12.2 Å². The molecule has 1 aliphatic rings. The molecule has 4 nitrogen and oxygen atoms in total. The van der Waals surface area contributed by atoms with Gasteiger partial charge in [0.25, 0.3) is 0 Å². The molecule has 2 rings (SSSR count). The third-order valence-electron chi connectivity index (χ3n) is 3.56. The zero-order valence-electron chi connectivity index (χ0n) is 12.7. The number of benzene rings is 1. The number of hydrogen-bond donors (Lipinski definition) is 2. The van der Waals surface area contributed by atoms with Crippen molar-refractivity contribution in [1.29, 1.82) is 0 Å². The molecule has 1 heterocycles. The van der Waals surface area contributed by atoms with Gasteiger partial charge in [-0.05, 0) is 51.5 Å². The highest BCUT2D eigenvalue weighted by Gasteiger charge is 2.33. The van der Waals surface area contributed by atoms with Crippen LogP contribution in [-0.4, -0.2) is 34.0 Å². The van der Waals surface area contributed by atoms with Crippen molar-refractivity contribution >= 4 is 28.9 Å². The maximum absolute atomic E-state index is 13.1. The molecule has 0 unspecified atom stereocenters. The van der Waals surface area contributed by atoms with Crippen LogP contribution in [0.5, 0.6) is 0 Å². The predicted octanol–water partition coefficient (Wildman–Crippen LogP) is 2.65. The number of halogens is 2. The normalized spacial score (nSPS) is 20.5. The SMILES string of the molecule is C[C@@H]1CC(C)(C)NC(=S)N1CC(=O)Nc1ccc(F)c(F)c1. The van der Waals surface area contributed by atoms with Gasteiger partial charge < -0.3 is 15.5 Å². The van der Waals surface area contributed by atoms with E-state index in [-0.39, 0.29) is 29.7 Å². The average Bonchev–Trinajstić information content (AvgIpc) is 2.37. The van der Waals surface area contributed by atoms with Gasteiger partial charge in [0.1, 0.15) is 0 Å². The number of carbonyl (C=O) groups excluding carboxylic acids is 1. The van der Waals surface area contributed by atoms with E-state index in [9.17, 15) is 13.6 Å². The van der Waals surface area contributed by atoms with Crippen LogP contribution >= 0.6 is 12.2 Å². The van der Waals surface area contributed by atoms with Crippen molar-refractivity contribution in [1.82, 2.24) is 10.2 Å². The fraction of sp³-hybridized carbons (Fsp3) is 0.467. The lowest BCUT2D eigenvalue weighted by Gasteiger charge is -2.44. The first-order valence-corrected chi connectivity index (χ1v) is 7.42. The third-order valence-corrected chi connectivity index (χ3v) is 3.90. The van der Waals surface area contributed by atoms with E-state index in [1.165, 1.54) is 6.07 Å². The van der Waals surface area contributed by atoms with Crippen LogP contribution in [0.3, 0.4) is 0 Å². The molecule has 1 saturated heterocycles. The summed E-state index contributed by atoms with van der Waals surface area (Å²) in [7, 11) is 0. The quantitative estimate of drug-likeness (QED) is 0.838. The molecule has 1 amide bonds. The van der Waals surface area contributed by atoms with Gasteiger partial charge in [-0.15, -0.1) is 0 Å². The van der Waals surface area contributed by atoms with Crippen molar-refractivity contribution in [2.75, 3.05) is 11.9 Å². The maximum Gasteiger partial charge on any atom is 0.243 e. The van der Waals surface area contributed by atoms with Gasteiger partial charge in [0.2, 0.25) is 5.91 Å². The van der Waals surface area contributed by atoms with Crippen molar-refractivity contribution in [3.8, 4) is 0 Å². The first-order valence-electron chi connectivity index (χ1n) is 7.01. The first kappa shape index (κ1) is 16.6. The van der Waals surface area contributed by atoms with E-state index in [1.54, 1.807) is 4.90 Å². The summed E-state index contributed by atoms with van der Waals surface area (Å²) in [6.07, 6.45) is 0.839. The number of hydrogen-bond acceptors (Lipinski definition) is 2. The second-order valence-electron chi connectivity index (χ2n) is 6.17. The Balaban J connectivity index is 1.99. The first-order chi connectivity index (χ1) is 10.2. The lowest BCUT2D eigenvalue weighted by atomic mass is 9.93. The number of carbonyl (C=O) groups is 1. The van der Waals surface area contributed by atoms with Crippen molar-refractivity contribution in [2.24, 2.45) is 0 Å². The van der Waals surface area contributed by atoms with E-state index in [2.05, 4.69) is 24.5 Å². The molecule has 0 spiro atoms. The van der Waals surface area contributed by atoms with Gasteiger partial charge in [-0.25, -0.2) is 8.78 Å². The fourth-order valence-electron chi connectivity index (χ4n) is 2.62. The minimum Gasteiger partial charge on any atom is -0.358 e. The highest BCUT2D eigenvalue weighted by Crippen LogP contribution is 2.22.